The molecular weight excluding hydrogens is 272 g/mol. The number of rotatable bonds is 1. The van der Waals surface area contributed by atoms with Gasteiger partial charge in [-0.2, -0.15) is 0 Å². The summed E-state index contributed by atoms with van der Waals surface area (Å²) in [5.41, 5.74) is 2.05. The third kappa shape index (κ3) is 2.25. The molecule has 0 nitrogen and oxygen atoms in total. The van der Waals surface area contributed by atoms with Crippen LogP contribution in [0.15, 0.2) is 56.0 Å². The normalized spacial score (nSPS) is 10.5. The molecule has 0 saturated heterocycles. The lowest BCUT2D eigenvalue weighted by molar-refractivity contribution is 1.21. The lowest BCUT2D eigenvalue weighted by Crippen LogP contribution is -1.85. The molecule has 2 rings (SSSR count). The summed E-state index contributed by atoms with van der Waals surface area (Å²) >= 11 is 17.7. The molecule has 0 bridgehead atoms. The van der Waals surface area contributed by atoms with Gasteiger partial charge in [-0.25, -0.2) is 0 Å². The fourth-order valence-electron chi connectivity index (χ4n) is 1.50. The molecule has 2 aromatic rings. The van der Waals surface area contributed by atoms with Gasteiger partial charge in [0.25, 0.3) is 0 Å². The molecule has 0 radical (unpaired) electrons. The van der Waals surface area contributed by atoms with Gasteiger partial charge in [0.2, 0.25) is 0 Å². The maximum atomic E-state index is 4.47. The summed E-state index contributed by atoms with van der Waals surface area (Å²) in [6, 6.07) is 11.7. The molecule has 2 aromatic carbocycles. The van der Waals surface area contributed by atoms with Crippen LogP contribution in [-0.2, 0) is 0 Å². The van der Waals surface area contributed by atoms with E-state index in [1.807, 2.05) is 36.4 Å². The second-order valence-corrected chi connectivity index (χ2v) is 5.20. The molecule has 0 spiro atoms. The van der Waals surface area contributed by atoms with E-state index in [0.717, 1.165) is 30.7 Å². The smallest absolute Gasteiger partial charge is 0.0253 e. The molecule has 0 aromatic heterocycles. The Bertz CT molecular complexity index is 485. The van der Waals surface area contributed by atoms with Crippen LogP contribution in [0.4, 0.5) is 0 Å². The van der Waals surface area contributed by atoms with Gasteiger partial charge in [0.05, 0.1) is 0 Å². The predicted octanol–water partition coefficient (Wildman–Crippen LogP) is 4.51. The minimum Gasteiger partial charge on any atom is -0.142 e. The van der Waals surface area contributed by atoms with Crippen molar-refractivity contribution in [2.45, 2.75) is 19.6 Å². The van der Waals surface area contributed by atoms with Crippen molar-refractivity contribution >= 4 is 50.5 Å². The highest BCUT2D eigenvalue weighted by Crippen LogP contribution is 2.36. The maximum absolute atomic E-state index is 4.47. The molecule has 0 aliphatic heterocycles. The molecule has 0 unspecified atom stereocenters. The van der Waals surface area contributed by atoms with Gasteiger partial charge in [0.15, 0.2) is 0 Å². The molecule has 16 heavy (non-hydrogen) atoms. The first-order valence-electron chi connectivity index (χ1n) is 4.63. The van der Waals surface area contributed by atoms with Gasteiger partial charge in [-0.15, -0.1) is 50.5 Å². The van der Waals surface area contributed by atoms with E-state index >= 15 is 0 Å². The average Bonchev–Trinajstić information content (AvgIpc) is 2.27. The Balaban J connectivity index is 2.68. The lowest BCUT2D eigenvalue weighted by atomic mass is 10.1. The van der Waals surface area contributed by atoms with Crippen LogP contribution in [0.25, 0.3) is 11.1 Å². The van der Waals surface area contributed by atoms with E-state index < -0.39 is 0 Å². The first-order valence-corrected chi connectivity index (χ1v) is 6.42. The highest BCUT2D eigenvalue weighted by molar-refractivity contribution is 7.84. The summed E-state index contributed by atoms with van der Waals surface area (Å²) in [4.78, 5) is 3.44. The third-order valence-corrected chi connectivity index (χ3v) is 4.38. The molecule has 0 aliphatic carbocycles. The van der Waals surface area contributed by atoms with E-state index in [4.69, 9.17) is 0 Å². The van der Waals surface area contributed by atoms with E-state index in [2.05, 4.69) is 50.5 Å². The Kier molecular flexibility index (Phi) is 3.85. The Hall–Kier alpha value is -0.160. The van der Waals surface area contributed by atoms with Gasteiger partial charge in [-0.3, -0.25) is 0 Å². The standard InChI is InChI=1S/C12H10S4/c13-9-5-1-3-7(11(9)15)8-4-2-6-10(14)12(8)16/h1-6,13-16H. The number of hydrogen-bond acceptors (Lipinski definition) is 4. The lowest BCUT2D eigenvalue weighted by Gasteiger charge is -2.11. The monoisotopic (exact) mass is 282 g/mol. The highest BCUT2D eigenvalue weighted by atomic mass is 32.1. The minimum absolute atomic E-state index is 0.859. The van der Waals surface area contributed by atoms with Crippen molar-refractivity contribution in [1.82, 2.24) is 0 Å². The molecule has 0 amide bonds. The van der Waals surface area contributed by atoms with Crippen molar-refractivity contribution in [1.29, 1.82) is 0 Å². The van der Waals surface area contributed by atoms with E-state index in [1.165, 1.54) is 0 Å². The second-order valence-electron chi connectivity index (χ2n) is 3.35. The third-order valence-electron chi connectivity index (χ3n) is 2.32. The number of hydrogen-bond donors (Lipinski definition) is 4. The Morgan fingerprint density at radius 1 is 0.562 bits per heavy atom. The van der Waals surface area contributed by atoms with Gasteiger partial charge < -0.3 is 0 Å². The van der Waals surface area contributed by atoms with E-state index in [9.17, 15) is 0 Å². The van der Waals surface area contributed by atoms with Gasteiger partial charge in [-0.1, -0.05) is 24.3 Å². The fourth-order valence-corrected chi connectivity index (χ4v) is 2.45. The molecule has 0 atom stereocenters. The van der Waals surface area contributed by atoms with Gasteiger partial charge in [0, 0.05) is 19.6 Å². The van der Waals surface area contributed by atoms with Crippen LogP contribution >= 0.6 is 50.5 Å². The van der Waals surface area contributed by atoms with Gasteiger partial charge in [0.1, 0.15) is 0 Å². The highest BCUT2D eigenvalue weighted by Gasteiger charge is 2.09. The Morgan fingerprint density at radius 3 is 1.31 bits per heavy atom. The van der Waals surface area contributed by atoms with Crippen molar-refractivity contribution in [3.8, 4) is 11.1 Å². The maximum Gasteiger partial charge on any atom is 0.0253 e. The number of thiol groups is 4. The molecule has 4 heteroatoms. The van der Waals surface area contributed by atoms with Crippen molar-refractivity contribution in [2.75, 3.05) is 0 Å². The van der Waals surface area contributed by atoms with Crippen LogP contribution in [0.1, 0.15) is 0 Å². The first-order chi connectivity index (χ1) is 7.61. The van der Waals surface area contributed by atoms with Crippen LogP contribution < -0.4 is 0 Å². The van der Waals surface area contributed by atoms with Crippen LogP contribution in [0, 0.1) is 0 Å². The minimum atomic E-state index is 0.859. The summed E-state index contributed by atoms with van der Waals surface area (Å²) in [5.74, 6) is 0. The topological polar surface area (TPSA) is 0 Å². The molecule has 0 aliphatic rings. The van der Waals surface area contributed by atoms with Crippen LogP contribution in [-0.4, -0.2) is 0 Å². The Morgan fingerprint density at radius 2 is 0.938 bits per heavy atom. The van der Waals surface area contributed by atoms with E-state index in [0.29, 0.717) is 0 Å². The SMILES string of the molecule is Sc1cccc(-c2cccc(S)c2S)c1S. The van der Waals surface area contributed by atoms with Crippen LogP contribution in [0.2, 0.25) is 0 Å². The van der Waals surface area contributed by atoms with Crippen LogP contribution in [0.3, 0.4) is 0 Å². The molecular formula is C12H10S4. The predicted molar refractivity (Wildman–Crippen MR) is 80.9 cm³/mol. The summed E-state index contributed by atoms with van der Waals surface area (Å²) in [6.45, 7) is 0. The van der Waals surface area contributed by atoms with E-state index in [1.54, 1.807) is 0 Å². The fraction of sp³-hybridized carbons (Fsp3) is 0. The quantitative estimate of drug-likeness (QED) is 0.544. The van der Waals surface area contributed by atoms with Crippen molar-refractivity contribution in [3.05, 3.63) is 36.4 Å². The van der Waals surface area contributed by atoms with E-state index in [-0.39, 0.29) is 0 Å². The second kappa shape index (κ2) is 5.00. The molecule has 0 N–H and O–H groups in total. The van der Waals surface area contributed by atoms with Crippen LogP contribution in [0.5, 0.6) is 0 Å². The summed E-state index contributed by atoms with van der Waals surface area (Å²) < 4.78 is 0. The molecule has 0 saturated carbocycles. The number of benzene rings is 2. The van der Waals surface area contributed by atoms with Crippen molar-refractivity contribution in [3.63, 3.8) is 0 Å². The van der Waals surface area contributed by atoms with Gasteiger partial charge in [-0.05, 0) is 23.3 Å². The zero-order valence-electron chi connectivity index (χ0n) is 8.25. The summed E-state index contributed by atoms with van der Waals surface area (Å²) in [6.07, 6.45) is 0. The van der Waals surface area contributed by atoms with Gasteiger partial charge >= 0.3 is 0 Å². The van der Waals surface area contributed by atoms with Crippen molar-refractivity contribution in [2.24, 2.45) is 0 Å². The van der Waals surface area contributed by atoms with Crippen molar-refractivity contribution < 1.29 is 0 Å². The Labute approximate surface area is 117 Å². The molecule has 82 valence electrons. The molecule has 0 heterocycles. The first kappa shape index (κ1) is 12.3. The largest absolute Gasteiger partial charge is 0.142 e. The molecule has 0 fully saturated rings. The average molecular weight is 282 g/mol. The summed E-state index contributed by atoms with van der Waals surface area (Å²) in [5, 5.41) is 0. The zero-order chi connectivity index (χ0) is 11.7. The zero-order valence-corrected chi connectivity index (χ0v) is 11.8. The summed E-state index contributed by atoms with van der Waals surface area (Å²) in [7, 11) is 0.